The lowest BCUT2D eigenvalue weighted by Crippen LogP contribution is -2.33. The van der Waals surface area contributed by atoms with E-state index in [1.807, 2.05) is 18.2 Å². The highest BCUT2D eigenvalue weighted by atomic mass is 32.2. The summed E-state index contributed by atoms with van der Waals surface area (Å²) < 4.78 is 17.9. The van der Waals surface area contributed by atoms with Gasteiger partial charge in [0.1, 0.15) is 5.82 Å². The molecule has 0 amide bonds. The van der Waals surface area contributed by atoms with Gasteiger partial charge in [0, 0.05) is 16.7 Å². The molecule has 0 saturated carbocycles. The fraction of sp³-hybridized carbons (Fsp3) is 0.333. The molecule has 0 aliphatic carbocycles. The zero-order chi connectivity index (χ0) is 13.5. The van der Waals surface area contributed by atoms with E-state index >= 15 is 0 Å². The number of likely N-dealkylation sites (N-methyl/N-ethyl adjacent to an activating group) is 1. The zero-order valence-electron chi connectivity index (χ0n) is 10.9. The molecule has 1 unspecified atom stereocenters. The molecule has 1 aromatic carbocycles. The lowest BCUT2D eigenvalue weighted by molar-refractivity contribution is 0.547. The summed E-state index contributed by atoms with van der Waals surface area (Å²) >= 11 is 1.74. The van der Waals surface area contributed by atoms with Gasteiger partial charge in [-0.2, -0.15) is 0 Å². The highest BCUT2D eigenvalue weighted by molar-refractivity contribution is 7.99. The van der Waals surface area contributed by atoms with Crippen LogP contribution in [-0.4, -0.2) is 18.3 Å². The molecule has 2 nitrogen and oxygen atoms in total. The van der Waals surface area contributed by atoms with Crippen molar-refractivity contribution in [2.24, 2.45) is 0 Å². The number of rotatable bonds is 7. The molecular weight excluding hydrogens is 261 g/mol. The molecule has 2 rings (SSSR count). The summed E-state index contributed by atoms with van der Waals surface area (Å²) in [7, 11) is 0. The first-order chi connectivity index (χ1) is 9.28. The van der Waals surface area contributed by atoms with E-state index in [4.69, 9.17) is 4.42 Å². The van der Waals surface area contributed by atoms with Gasteiger partial charge in [0.15, 0.2) is 0 Å². The Labute approximate surface area is 117 Å². The van der Waals surface area contributed by atoms with Gasteiger partial charge in [-0.05, 0) is 48.9 Å². The Balaban J connectivity index is 1.87. The summed E-state index contributed by atoms with van der Waals surface area (Å²) in [4.78, 5) is 1.09. The summed E-state index contributed by atoms with van der Waals surface area (Å²) in [5, 5.41) is 3.47. The lowest BCUT2D eigenvalue weighted by atomic mass is 10.1. The normalized spacial score (nSPS) is 12.5. The molecule has 0 aliphatic heterocycles. The number of hydrogen-bond donors (Lipinski definition) is 1. The molecule has 1 aromatic heterocycles. The second kappa shape index (κ2) is 7.36. The van der Waals surface area contributed by atoms with Crippen LogP contribution in [0, 0.1) is 5.82 Å². The highest BCUT2D eigenvalue weighted by Gasteiger charge is 2.10. The van der Waals surface area contributed by atoms with Crippen LogP contribution in [-0.2, 0) is 6.42 Å². The number of halogens is 1. The van der Waals surface area contributed by atoms with E-state index in [0.717, 1.165) is 23.6 Å². The van der Waals surface area contributed by atoms with E-state index < -0.39 is 0 Å². The first-order valence-electron chi connectivity index (χ1n) is 6.40. The van der Waals surface area contributed by atoms with Crippen molar-refractivity contribution in [3.8, 4) is 0 Å². The molecule has 0 aliphatic rings. The Hall–Kier alpha value is -1.26. The average Bonchev–Trinajstić information content (AvgIpc) is 2.91. The van der Waals surface area contributed by atoms with Crippen LogP contribution < -0.4 is 5.32 Å². The molecule has 0 bridgehead atoms. The molecule has 1 heterocycles. The minimum absolute atomic E-state index is 0.189. The van der Waals surface area contributed by atoms with Crippen molar-refractivity contribution >= 4 is 11.8 Å². The standard InChI is InChI=1S/C15H18FNOS/c1-2-17-14(9-12-7-8-18-10-12)11-19-15-5-3-13(16)4-6-15/h3-8,10,14,17H,2,9,11H2,1H3. The van der Waals surface area contributed by atoms with Gasteiger partial charge in [-0.1, -0.05) is 6.92 Å². The first-order valence-corrected chi connectivity index (χ1v) is 7.39. The van der Waals surface area contributed by atoms with Gasteiger partial charge in [0.2, 0.25) is 0 Å². The van der Waals surface area contributed by atoms with Gasteiger partial charge < -0.3 is 9.73 Å². The summed E-state index contributed by atoms with van der Waals surface area (Å²) in [6.45, 7) is 3.04. The van der Waals surface area contributed by atoms with Gasteiger partial charge >= 0.3 is 0 Å². The Morgan fingerprint density at radius 1 is 1.26 bits per heavy atom. The van der Waals surface area contributed by atoms with Crippen molar-refractivity contribution in [2.45, 2.75) is 24.3 Å². The van der Waals surface area contributed by atoms with Crippen molar-refractivity contribution in [2.75, 3.05) is 12.3 Å². The van der Waals surface area contributed by atoms with Crippen LogP contribution in [0.3, 0.4) is 0 Å². The van der Waals surface area contributed by atoms with Gasteiger partial charge in [0.05, 0.1) is 12.5 Å². The number of benzene rings is 1. The smallest absolute Gasteiger partial charge is 0.123 e. The fourth-order valence-electron chi connectivity index (χ4n) is 1.90. The number of hydrogen-bond acceptors (Lipinski definition) is 3. The molecule has 0 spiro atoms. The molecule has 2 aromatic rings. The number of nitrogens with one attached hydrogen (secondary N) is 1. The third-order valence-corrected chi connectivity index (χ3v) is 3.99. The molecule has 4 heteroatoms. The van der Waals surface area contributed by atoms with Crippen LogP contribution >= 0.6 is 11.8 Å². The zero-order valence-corrected chi connectivity index (χ0v) is 11.8. The molecular formula is C15H18FNOS. The Morgan fingerprint density at radius 3 is 2.68 bits per heavy atom. The van der Waals surface area contributed by atoms with Crippen LogP contribution in [0.2, 0.25) is 0 Å². The summed E-state index contributed by atoms with van der Waals surface area (Å²) in [5.74, 6) is 0.760. The highest BCUT2D eigenvalue weighted by Crippen LogP contribution is 2.20. The van der Waals surface area contributed by atoms with Crippen molar-refractivity contribution < 1.29 is 8.81 Å². The van der Waals surface area contributed by atoms with Gasteiger partial charge in [-0.3, -0.25) is 0 Å². The van der Waals surface area contributed by atoms with E-state index in [-0.39, 0.29) is 5.82 Å². The van der Waals surface area contributed by atoms with Crippen LogP contribution in [0.4, 0.5) is 4.39 Å². The third kappa shape index (κ3) is 4.73. The quantitative estimate of drug-likeness (QED) is 0.782. The SMILES string of the molecule is CCNC(CSc1ccc(F)cc1)Cc1ccoc1. The first kappa shape index (κ1) is 14.2. The molecule has 1 atom stereocenters. The van der Waals surface area contributed by atoms with Gasteiger partial charge in [-0.15, -0.1) is 11.8 Å². The molecule has 0 radical (unpaired) electrons. The summed E-state index contributed by atoms with van der Waals surface area (Å²) in [5.41, 5.74) is 1.20. The largest absolute Gasteiger partial charge is 0.472 e. The fourth-order valence-corrected chi connectivity index (χ4v) is 2.86. The summed E-state index contributed by atoms with van der Waals surface area (Å²) in [6, 6.07) is 9.02. The van der Waals surface area contributed by atoms with E-state index in [9.17, 15) is 4.39 Å². The van der Waals surface area contributed by atoms with E-state index in [0.29, 0.717) is 6.04 Å². The van der Waals surface area contributed by atoms with Crippen molar-refractivity contribution in [1.82, 2.24) is 5.32 Å². The molecule has 0 saturated heterocycles. The van der Waals surface area contributed by atoms with Crippen LogP contribution in [0.25, 0.3) is 0 Å². The maximum absolute atomic E-state index is 12.8. The van der Waals surface area contributed by atoms with Crippen molar-refractivity contribution in [3.63, 3.8) is 0 Å². The maximum Gasteiger partial charge on any atom is 0.123 e. The minimum Gasteiger partial charge on any atom is -0.472 e. The summed E-state index contributed by atoms with van der Waals surface area (Å²) in [6.07, 6.45) is 4.43. The maximum atomic E-state index is 12.8. The number of thioether (sulfide) groups is 1. The minimum atomic E-state index is -0.189. The van der Waals surface area contributed by atoms with Crippen molar-refractivity contribution in [1.29, 1.82) is 0 Å². The molecule has 1 N–H and O–H groups in total. The van der Waals surface area contributed by atoms with Crippen molar-refractivity contribution in [3.05, 3.63) is 54.2 Å². The average molecular weight is 279 g/mol. The molecule has 19 heavy (non-hydrogen) atoms. The monoisotopic (exact) mass is 279 g/mol. The predicted octanol–water partition coefficient (Wildman–Crippen LogP) is 3.73. The van der Waals surface area contributed by atoms with Gasteiger partial charge in [-0.25, -0.2) is 4.39 Å². The second-order valence-electron chi connectivity index (χ2n) is 4.36. The molecule has 102 valence electrons. The Kier molecular flexibility index (Phi) is 5.48. The Bertz CT molecular complexity index is 469. The van der Waals surface area contributed by atoms with Gasteiger partial charge in [0.25, 0.3) is 0 Å². The predicted molar refractivity (Wildman–Crippen MR) is 77.0 cm³/mol. The second-order valence-corrected chi connectivity index (χ2v) is 5.45. The van der Waals surface area contributed by atoms with Crippen LogP contribution in [0.5, 0.6) is 0 Å². The number of furan rings is 1. The topological polar surface area (TPSA) is 25.2 Å². The van der Waals surface area contributed by atoms with E-state index in [1.54, 1.807) is 24.3 Å². The van der Waals surface area contributed by atoms with E-state index in [2.05, 4.69) is 12.2 Å². The van der Waals surface area contributed by atoms with Crippen LogP contribution in [0.1, 0.15) is 12.5 Å². The van der Waals surface area contributed by atoms with Crippen LogP contribution in [0.15, 0.2) is 52.2 Å². The molecule has 0 fully saturated rings. The Morgan fingerprint density at radius 2 is 2.05 bits per heavy atom. The third-order valence-electron chi connectivity index (χ3n) is 2.82. The lowest BCUT2D eigenvalue weighted by Gasteiger charge is -2.16. The van der Waals surface area contributed by atoms with E-state index in [1.165, 1.54) is 17.7 Å².